The van der Waals surface area contributed by atoms with Crippen LogP contribution in [0.5, 0.6) is 17.2 Å². The summed E-state index contributed by atoms with van der Waals surface area (Å²) in [7, 11) is 3.09. The molecule has 2 amide bonds. The molecule has 0 aliphatic rings. The molecule has 1 heterocycles. The molecule has 2 N–H and O–H groups in total. The largest absolute Gasteiger partial charge is 0.493 e. The fourth-order valence-corrected chi connectivity index (χ4v) is 3.76. The van der Waals surface area contributed by atoms with Crippen molar-refractivity contribution in [2.24, 2.45) is 0 Å². The molecule has 3 aromatic rings. The van der Waals surface area contributed by atoms with Crippen LogP contribution < -0.4 is 25.1 Å². The third-order valence-electron chi connectivity index (χ3n) is 4.90. The molecular formula is C23H25N3O5S. The number of hydrogen-bond donors (Lipinski definition) is 2. The second-order valence-corrected chi connectivity index (χ2v) is 7.84. The average molecular weight is 456 g/mol. The summed E-state index contributed by atoms with van der Waals surface area (Å²) in [4.78, 5) is 29.2. The van der Waals surface area contributed by atoms with Crippen LogP contribution in [-0.2, 0) is 4.79 Å². The molecular weight excluding hydrogens is 430 g/mol. The van der Waals surface area contributed by atoms with E-state index < -0.39 is 17.9 Å². The zero-order valence-corrected chi connectivity index (χ0v) is 19.3. The van der Waals surface area contributed by atoms with E-state index in [1.54, 1.807) is 38.7 Å². The number of amides is 2. The number of hydrazine groups is 1. The zero-order valence-electron chi connectivity index (χ0n) is 18.5. The molecule has 0 spiro atoms. The van der Waals surface area contributed by atoms with Gasteiger partial charge < -0.3 is 14.2 Å². The highest BCUT2D eigenvalue weighted by molar-refractivity contribution is 7.13. The van der Waals surface area contributed by atoms with Gasteiger partial charge in [0, 0.05) is 5.38 Å². The number of aromatic nitrogens is 1. The molecule has 1 unspecified atom stereocenters. The van der Waals surface area contributed by atoms with Crippen LogP contribution in [0.1, 0.15) is 28.5 Å². The van der Waals surface area contributed by atoms with Gasteiger partial charge in [-0.3, -0.25) is 20.4 Å². The number of rotatable bonds is 7. The molecule has 2 aromatic carbocycles. The summed E-state index contributed by atoms with van der Waals surface area (Å²) in [5.74, 6) is 0.694. The Morgan fingerprint density at radius 3 is 2.44 bits per heavy atom. The lowest BCUT2D eigenvalue weighted by Gasteiger charge is -2.17. The zero-order chi connectivity index (χ0) is 23.3. The molecule has 0 bridgehead atoms. The first-order valence-electron chi connectivity index (χ1n) is 9.85. The van der Waals surface area contributed by atoms with Gasteiger partial charge in [0.25, 0.3) is 11.8 Å². The topological polar surface area (TPSA) is 98.8 Å². The van der Waals surface area contributed by atoms with Gasteiger partial charge in [0.15, 0.2) is 17.6 Å². The smallest absolute Gasteiger partial charge is 0.289 e. The van der Waals surface area contributed by atoms with Crippen LogP contribution in [0.25, 0.3) is 10.6 Å². The molecule has 1 atom stereocenters. The second-order valence-electron chi connectivity index (χ2n) is 6.98. The number of carbonyl (C=O) groups is 2. The maximum absolute atomic E-state index is 12.5. The quantitative estimate of drug-likeness (QED) is 0.528. The minimum absolute atomic E-state index is 0.165. The van der Waals surface area contributed by atoms with E-state index in [0.717, 1.165) is 11.1 Å². The van der Waals surface area contributed by atoms with Crippen molar-refractivity contribution in [3.63, 3.8) is 0 Å². The molecule has 0 radical (unpaired) electrons. The predicted molar refractivity (Wildman–Crippen MR) is 122 cm³/mol. The summed E-state index contributed by atoms with van der Waals surface area (Å²) in [6.45, 7) is 5.50. The summed E-state index contributed by atoms with van der Waals surface area (Å²) in [5.41, 5.74) is 7.65. The molecule has 0 aliphatic heterocycles. The highest BCUT2D eigenvalue weighted by Gasteiger charge is 2.20. The third-order valence-corrected chi connectivity index (χ3v) is 5.77. The van der Waals surface area contributed by atoms with Crippen molar-refractivity contribution in [2.75, 3.05) is 14.2 Å². The summed E-state index contributed by atoms with van der Waals surface area (Å²) < 4.78 is 16.5. The van der Waals surface area contributed by atoms with Gasteiger partial charge in [0.05, 0.1) is 19.8 Å². The Balaban J connectivity index is 1.63. The van der Waals surface area contributed by atoms with Crippen molar-refractivity contribution >= 4 is 23.2 Å². The van der Waals surface area contributed by atoms with E-state index in [-0.39, 0.29) is 5.69 Å². The summed E-state index contributed by atoms with van der Waals surface area (Å²) >= 11 is 1.28. The number of carbonyl (C=O) groups excluding carboxylic acids is 2. The standard InChI is InChI=1S/C23H25N3O5S/c1-13-8-6-10-18(14(13)2)31-15(3)21(27)25-26-22(28)17-12-32-23(24-17)16-9-7-11-19(29-4)20(16)30-5/h6-12,15H,1-5H3,(H,25,27)(H,26,28). The monoisotopic (exact) mass is 455 g/mol. The molecule has 32 heavy (non-hydrogen) atoms. The van der Waals surface area contributed by atoms with Crippen molar-refractivity contribution in [3.8, 4) is 27.8 Å². The summed E-state index contributed by atoms with van der Waals surface area (Å²) in [5, 5.41) is 2.19. The van der Waals surface area contributed by atoms with Crippen LogP contribution in [0.2, 0.25) is 0 Å². The van der Waals surface area contributed by atoms with Crippen LogP contribution in [0.4, 0.5) is 0 Å². The molecule has 0 aliphatic carbocycles. The molecule has 3 rings (SSSR count). The van der Waals surface area contributed by atoms with Crippen molar-refractivity contribution in [1.82, 2.24) is 15.8 Å². The van der Waals surface area contributed by atoms with Gasteiger partial charge in [-0.05, 0) is 50.1 Å². The van der Waals surface area contributed by atoms with Crippen molar-refractivity contribution < 1.29 is 23.8 Å². The first-order valence-corrected chi connectivity index (χ1v) is 10.7. The minimum Gasteiger partial charge on any atom is -0.493 e. The molecule has 1 aromatic heterocycles. The van der Waals surface area contributed by atoms with E-state index in [4.69, 9.17) is 14.2 Å². The Labute approximate surface area is 190 Å². The molecule has 0 fully saturated rings. The number of methoxy groups -OCH3 is 2. The fraction of sp³-hybridized carbons (Fsp3) is 0.261. The van der Waals surface area contributed by atoms with Crippen LogP contribution in [0.15, 0.2) is 41.8 Å². The van der Waals surface area contributed by atoms with E-state index in [2.05, 4.69) is 15.8 Å². The number of benzene rings is 2. The fourth-order valence-electron chi connectivity index (χ4n) is 2.94. The van der Waals surface area contributed by atoms with Crippen molar-refractivity contribution in [1.29, 1.82) is 0 Å². The lowest BCUT2D eigenvalue weighted by Crippen LogP contribution is -2.47. The van der Waals surface area contributed by atoms with Gasteiger partial charge in [-0.25, -0.2) is 4.98 Å². The average Bonchev–Trinajstić information content (AvgIpc) is 3.29. The highest BCUT2D eigenvalue weighted by atomic mass is 32.1. The van der Waals surface area contributed by atoms with Gasteiger partial charge in [0.1, 0.15) is 16.5 Å². The Hall–Kier alpha value is -3.59. The predicted octanol–water partition coefficient (Wildman–Crippen LogP) is 3.67. The van der Waals surface area contributed by atoms with Gasteiger partial charge in [-0.1, -0.05) is 18.2 Å². The van der Waals surface area contributed by atoms with Gasteiger partial charge >= 0.3 is 0 Å². The lowest BCUT2D eigenvalue weighted by atomic mass is 10.1. The highest BCUT2D eigenvalue weighted by Crippen LogP contribution is 2.38. The van der Waals surface area contributed by atoms with Gasteiger partial charge in [-0.2, -0.15) is 0 Å². The van der Waals surface area contributed by atoms with Gasteiger partial charge in [0.2, 0.25) is 0 Å². The van der Waals surface area contributed by atoms with E-state index in [1.165, 1.54) is 11.3 Å². The maximum atomic E-state index is 12.5. The number of nitrogens with one attached hydrogen (secondary N) is 2. The van der Waals surface area contributed by atoms with E-state index in [1.807, 2.05) is 38.1 Å². The first-order chi connectivity index (χ1) is 15.3. The first kappa shape index (κ1) is 23.1. The number of para-hydroxylation sites is 1. The SMILES string of the molecule is COc1cccc(-c2nc(C(=O)NNC(=O)C(C)Oc3cccc(C)c3C)cs2)c1OC. The second kappa shape index (κ2) is 10.1. The number of ether oxygens (including phenoxy) is 3. The number of hydrogen-bond acceptors (Lipinski definition) is 7. The van der Waals surface area contributed by atoms with Crippen molar-refractivity contribution in [2.45, 2.75) is 26.9 Å². The van der Waals surface area contributed by atoms with E-state index in [0.29, 0.717) is 27.8 Å². The third kappa shape index (κ3) is 5.00. The van der Waals surface area contributed by atoms with Crippen LogP contribution in [0.3, 0.4) is 0 Å². The Bertz CT molecular complexity index is 1130. The summed E-state index contributed by atoms with van der Waals surface area (Å²) in [6, 6.07) is 11.1. The lowest BCUT2D eigenvalue weighted by molar-refractivity contribution is -0.128. The van der Waals surface area contributed by atoms with E-state index >= 15 is 0 Å². The number of thiazole rings is 1. The molecule has 9 heteroatoms. The molecule has 8 nitrogen and oxygen atoms in total. The Morgan fingerprint density at radius 2 is 1.72 bits per heavy atom. The van der Waals surface area contributed by atoms with Crippen LogP contribution in [0, 0.1) is 13.8 Å². The molecule has 0 saturated carbocycles. The normalized spacial score (nSPS) is 11.4. The van der Waals surface area contributed by atoms with E-state index in [9.17, 15) is 9.59 Å². The molecule has 0 saturated heterocycles. The number of aryl methyl sites for hydroxylation is 1. The maximum Gasteiger partial charge on any atom is 0.289 e. The van der Waals surface area contributed by atoms with Crippen LogP contribution in [-0.4, -0.2) is 37.1 Å². The minimum atomic E-state index is -0.803. The van der Waals surface area contributed by atoms with Gasteiger partial charge in [-0.15, -0.1) is 11.3 Å². The molecule has 168 valence electrons. The van der Waals surface area contributed by atoms with Crippen molar-refractivity contribution in [3.05, 3.63) is 58.6 Å². The number of nitrogens with zero attached hydrogens (tertiary/aromatic N) is 1. The van der Waals surface area contributed by atoms with Crippen LogP contribution >= 0.6 is 11.3 Å². The Morgan fingerprint density at radius 1 is 1.00 bits per heavy atom. The summed E-state index contributed by atoms with van der Waals surface area (Å²) in [6.07, 6.45) is -0.803. The Kier molecular flexibility index (Phi) is 7.32.